The van der Waals surface area contributed by atoms with Crippen LogP contribution in [0.2, 0.25) is 0 Å². The van der Waals surface area contributed by atoms with Gasteiger partial charge in [0.25, 0.3) is 0 Å². The molecule has 1 saturated carbocycles. The molecule has 5 heteroatoms. The maximum absolute atomic E-state index is 14.1. The van der Waals surface area contributed by atoms with Crippen LogP contribution in [0.1, 0.15) is 69.0 Å². The van der Waals surface area contributed by atoms with Crippen LogP contribution in [0.25, 0.3) is 0 Å². The molecule has 2 amide bonds. The third kappa shape index (κ3) is 3.22. The molecule has 4 nitrogen and oxygen atoms in total. The number of nitrogens with one attached hydrogen (secondary N) is 2. The lowest BCUT2D eigenvalue weighted by Crippen LogP contribution is -2.54. The highest BCUT2D eigenvalue weighted by Gasteiger charge is 2.45. The number of benzene rings is 1. The van der Waals surface area contributed by atoms with Gasteiger partial charge < -0.3 is 15.4 Å². The molecule has 1 saturated heterocycles. The summed E-state index contributed by atoms with van der Waals surface area (Å²) >= 11 is 0. The Hall–Kier alpha value is -1.62. The SMILES string of the molecule is CC1CCc2c(F)cccc2C1NC(=O)NC1CCOC12CCCCC2. The Labute approximate surface area is 154 Å². The van der Waals surface area contributed by atoms with Crippen LogP contribution in [0, 0.1) is 11.7 Å². The summed E-state index contributed by atoms with van der Waals surface area (Å²) in [6, 6.07) is 4.97. The Bertz CT molecular complexity index is 672. The van der Waals surface area contributed by atoms with Gasteiger partial charge in [0.15, 0.2) is 0 Å². The van der Waals surface area contributed by atoms with Crippen LogP contribution in [0.3, 0.4) is 0 Å². The average Bonchev–Trinajstić information content (AvgIpc) is 3.00. The Morgan fingerprint density at radius 1 is 1.19 bits per heavy atom. The molecule has 0 bridgehead atoms. The number of hydrogen-bond acceptors (Lipinski definition) is 2. The molecule has 3 aliphatic rings. The van der Waals surface area contributed by atoms with E-state index in [1.165, 1.54) is 25.3 Å². The monoisotopic (exact) mass is 360 g/mol. The van der Waals surface area contributed by atoms with Crippen molar-refractivity contribution in [2.45, 2.75) is 76.0 Å². The number of hydrogen-bond donors (Lipinski definition) is 2. The number of halogens is 1. The summed E-state index contributed by atoms with van der Waals surface area (Å²) in [6.07, 6.45) is 8.17. The molecule has 2 N–H and O–H groups in total. The first-order chi connectivity index (χ1) is 12.6. The molecular formula is C21H29FN2O2. The van der Waals surface area contributed by atoms with Gasteiger partial charge in [0, 0.05) is 6.61 Å². The number of urea groups is 1. The molecule has 2 fully saturated rings. The van der Waals surface area contributed by atoms with Crippen LogP contribution in [0.5, 0.6) is 0 Å². The van der Waals surface area contributed by atoms with Crippen LogP contribution in [-0.2, 0) is 11.2 Å². The van der Waals surface area contributed by atoms with E-state index in [1.54, 1.807) is 6.07 Å². The predicted octanol–water partition coefficient (Wildman–Crippen LogP) is 4.24. The van der Waals surface area contributed by atoms with Crippen LogP contribution in [0.4, 0.5) is 9.18 Å². The number of ether oxygens (including phenoxy) is 1. The average molecular weight is 360 g/mol. The highest BCUT2D eigenvalue weighted by Crippen LogP contribution is 2.40. The number of rotatable bonds is 2. The van der Waals surface area contributed by atoms with Crippen molar-refractivity contribution in [3.8, 4) is 0 Å². The largest absolute Gasteiger partial charge is 0.373 e. The van der Waals surface area contributed by atoms with Gasteiger partial charge in [0.05, 0.1) is 17.7 Å². The molecule has 0 aromatic heterocycles. The van der Waals surface area contributed by atoms with Gasteiger partial charge in [0.1, 0.15) is 5.82 Å². The fourth-order valence-electron chi connectivity index (χ4n) is 5.13. The van der Waals surface area contributed by atoms with Crippen LogP contribution < -0.4 is 10.6 Å². The van der Waals surface area contributed by atoms with Crippen molar-refractivity contribution in [1.29, 1.82) is 0 Å². The number of amides is 2. The zero-order chi connectivity index (χ0) is 18.1. The third-order valence-electron chi connectivity index (χ3n) is 6.63. The number of carbonyl (C=O) groups is 1. The molecule has 2 aliphatic carbocycles. The fourth-order valence-corrected chi connectivity index (χ4v) is 5.13. The van der Waals surface area contributed by atoms with E-state index in [4.69, 9.17) is 4.74 Å². The Morgan fingerprint density at radius 3 is 2.81 bits per heavy atom. The lowest BCUT2D eigenvalue weighted by atomic mass is 9.79. The molecule has 26 heavy (non-hydrogen) atoms. The molecular weight excluding hydrogens is 331 g/mol. The van der Waals surface area contributed by atoms with Gasteiger partial charge in [-0.25, -0.2) is 9.18 Å². The maximum Gasteiger partial charge on any atom is 0.315 e. The number of fused-ring (bicyclic) bond motifs is 1. The molecule has 1 heterocycles. The normalized spacial score (nSPS) is 30.0. The van der Waals surface area contributed by atoms with Gasteiger partial charge in [-0.05, 0) is 55.2 Å². The zero-order valence-corrected chi connectivity index (χ0v) is 15.5. The van der Waals surface area contributed by atoms with Gasteiger partial charge in [-0.1, -0.05) is 38.3 Å². The molecule has 142 valence electrons. The maximum atomic E-state index is 14.1. The first kappa shape index (κ1) is 17.8. The van der Waals surface area contributed by atoms with Crippen LogP contribution in [0.15, 0.2) is 18.2 Å². The molecule has 1 aromatic carbocycles. The summed E-state index contributed by atoms with van der Waals surface area (Å²) in [5.74, 6) is 0.130. The summed E-state index contributed by atoms with van der Waals surface area (Å²) in [7, 11) is 0. The Balaban J connectivity index is 1.46. The van der Waals surface area contributed by atoms with E-state index in [2.05, 4.69) is 17.6 Å². The highest BCUT2D eigenvalue weighted by atomic mass is 19.1. The van der Waals surface area contributed by atoms with Gasteiger partial charge in [-0.15, -0.1) is 0 Å². The van der Waals surface area contributed by atoms with E-state index >= 15 is 0 Å². The van der Waals surface area contributed by atoms with Crippen molar-refractivity contribution in [2.24, 2.45) is 5.92 Å². The van der Waals surface area contributed by atoms with Gasteiger partial charge in [-0.2, -0.15) is 0 Å². The molecule has 3 atom stereocenters. The standard InChI is InChI=1S/C21H29FN2O2/c1-14-8-9-15-16(6-5-7-17(15)22)19(14)24-20(25)23-18-10-13-26-21(18)11-3-2-4-12-21/h5-7,14,18-19H,2-4,8-13H2,1H3,(H2,23,24,25). The summed E-state index contributed by atoms with van der Waals surface area (Å²) < 4.78 is 20.2. The second-order valence-corrected chi connectivity index (χ2v) is 8.23. The molecule has 0 radical (unpaired) electrons. The fraction of sp³-hybridized carbons (Fsp3) is 0.667. The predicted molar refractivity (Wildman–Crippen MR) is 98.5 cm³/mol. The molecule has 1 aliphatic heterocycles. The van der Waals surface area contributed by atoms with E-state index in [-0.39, 0.29) is 29.5 Å². The van der Waals surface area contributed by atoms with E-state index in [0.29, 0.717) is 5.92 Å². The van der Waals surface area contributed by atoms with Crippen molar-refractivity contribution in [3.05, 3.63) is 35.1 Å². The van der Waals surface area contributed by atoms with Crippen molar-refractivity contribution < 1.29 is 13.9 Å². The van der Waals surface area contributed by atoms with Gasteiger partial charge in [-0.3, -0.25) is 0 Å². The molecule has 1 spiro atoms. The smallest absolute Gasteiger partial charge is 0.315 e. The summed E-state index contributed by atoms with van der Waals surface area (Å²) in [4.78, 5) is 12.8. The quantitative estimate of drug-likeness (QED) is 0.829. The van der Waals surface area contributed by atoms with Crippen molar-refractivity contribution in [3.63, 3.8) is 0 Å². The topological polar surface area (TPSA) is 50.4 Å². The van der Waals surface area contributed by atoms with E-state index in [9.17, 15) is 9.18 Å². The first-order valence-electron chi connectivity index (χ1n) is 10.1. The molecule has 4 rings (SSSR count). The van der Waals surface area contributed by atoms with E-state index < -0.39 is 0 Å². The van der Waals surface area contributed by atoms with Crippen LogP contribution >= 0.6 is 0 Å². The summed E-state index contributed by atoms with van der Waals surface area (Å²) in [6.45, 7) is 2.85. The molecule has 1 aromatic rings. The lowest BCUT2D eigenvalue weighted by Gasteiger charge is -2.38. The minimum Gasteiger partial charge on any atom is -0.373 e. The Morgan fingerprint density at radius 2 is 2.00 bits per heavy atom. The van der Waals surface area contributed by atoms with Crippen molar-refractivity contribution in [2.75, 3.05) is 6.61 Å². The van der Waals surface area contributed by atoms with Crippen molar-refractivity contribution >= 4 is 6.03 Å². The number of carbonyl (C=O) groups excluding carboxylic acids is 1. The minimum absolute atomic E-state index is 0.0775. The van der Waals surface area contributed by atoms with E-state index in [0.717, 1.165) is 49.8 Å². The Kier molecular flexibility index (Phi) is 4.91. The summed E-state index contributed by atoms with van der Waals surface area (Å²) in [5, 5.41) is 6.31. The van der Waals surface area contributed by atoms with E-state index in [1.807, 2.05) is 6.07 Å². The zero-order valence-electron chi connectivity index (χ0n) is 15.5. The van der Waals surface area contributed by atoms with Crippen LogP contribution in [-0.4, -0.2) is 24.3 Å². The first-order valence-corrected chi connectivity index (χ1v) is 10.1. The lowest BCUT2D eigenvalue weighted by molar-refractivity contribution is -0.0368. The third-order valence-corrected chi connectivity index (χ3v) is 6.63. The van der Waals surface area contributed by atoms with Gasteiger partial charge in [0.2, 0.25) is 0 Å². The minimum atomic E-state index is -0.169. The highest BCUT2D eigenvalue weighted by molar-refractivity contribution is 5.75. The molecule has 3 unspecified atom stereocenters. The van der Waals surface area contributed by atoms with Crippen molar-refractivity contribution in [1.82, 2.24) is 10.6 Å². The summed E-state index contributed by atoms with van der Waals surface area (Å²) in [5.41, 5.74) is 1.51. The second-order valence-electron chi connectivity index (χ2n) is 8.23. The second kappa shape index (κ2) is 7.18. The van der Waals surface area contributed by atoms with Gasteiger partial charge >= 0.3 is 6.03 Å².